The van der Waals surface area contributed by atoms with Crippen LogP contribution in [-0.2, 0) is 28.1 Å². The van der Waals surface area contributed by atoms with E-state index in [1.165, 1.54) is 6.07 Å². The Balaban J connectivity index is 2.15. The Labute approximate surface area is 113 Å². The van der Waals surface area contributed by atoms with Crippen LogP contribution < -0.4 is 10.5 Å². The summed E-state index contributed by atoms with van der Waals surface area (Å²) in [6.07, 6.45) is 1.29. The molecule has 2 rings (SSSR count). The van der Waals surface area contributed by atoms with E-state index in [9.17, 15) is 13.2 Å². The lowest BCUT2D eigenvalue weighted by Crippen LogP contribution is -2.42. The fraction of sp³-hybridized carbons (Fsp3) is 0.500. The highest BCUT2D eigenvalue weighted by Gasteiger charge is 2.30. The summed E-state index contributed by atoms with van der Waals surface area (Å²) in [6, 6.07) is 4.70. The molecule has 0 amide bonds. The number of nitrogens with two attached hydrogens (primary N) is 1. The predicted molar refractivity (Wildman–Crippen MR) is 68.1 cm³/mol. The van der Waals surface area contributed by atoms with Gasteiger partial charge in [0, 0.05) is 42.1 Å². The van der Waals surface area contributed by atoms with Crippen LogP contribution >= 0.6 is 0 Å². The van der Waals surface area contributed by atoms with Gasteiger partial charge in [-0.05, 0) is 24.5 Å². The van der Waals surface area contributed by atoms with Gasteiger partial charge in [-0.1, -0.05) is 12.1 Å². The summed E-state index contributed by atoms with van der Waals surface area (Å²) in [7, 11) is 0. The highest BCUT2D eigenvalue weighted by atomic mass is 32.2. The maximum Gasteiger partial charge on any atom is 0.128 e. The Hall–Kier alpha value is -0.860. The van der Waals surface area contributed by atoms with Crippen LogP contribution in [0.1, 0.15) is 24.0 Å². The second-order valence-corrected chi connectivity index (χ2v) is 5.39. The van der Waals surface area contributed by atoms with E-state index in [1.807, 2.05) is 0 Å². The average Bonchev–Trinajstić information content (AvgIpc) is 2.38. The van der Waals surface area contributed by atoms with Gasteiger partial charge in [0.25, 0.3) is 0 Å². The normalized spacial score (nSPS) is 20.2. The molecule has 0 spiro atoms. The molecule has 1 atom stereocenters. The van der Waals surface area contributed by atoms with Crippen molar-refractivity contribution in [3.8, 4) is 0 Å². The molecule has 1 fully saturated rings. The Morgan fingerprint density at radius 2 is 2.16 bits per heavy atom. The Kier molecular flexibility index (Phi) is 4.64. The minimum absolute atomic E-state index is 0.0666. The molecule has 1 aliphatic heterocycles. The van der Waals surface area contributed by atoms with E-state index in [-0.39, 0.29) is 6.54 Å². The molecule has 1 aromatic rings. The van der Waals surface area contributed by atoms with Gasteiger partial charge in [-0.15, -0.1) is 0 Å². The Morgan fingerprint density at radius 3 is 2.74 bits per heavy atom. The van der Waals surface area contributed by atoms with Gasteiger partial charge in [0.2, 0.25) is 0 Å². The van der Waals surface area contributed by atoms with Crippen molar-refractivity contribution < 1.29 is 17.9 Å². The van der Waals surface area contributed by atoms with E-state index in [4.69, 9.17) is 10.5 Å². The molecule has 1 aromatic carbocycles. The zero-order valence-corrected chi connectivity index (χ0v) is 11.2. The van der Waals surface area contributed by atoms with Gasteiger partial charge in [-0.3, -0.25) is 4.21 Å². The highest BCUT2D eigenvalue weighted by Crippen LogP contribution is 2.30. The SMILES string of the molecule is NC1(c2ccc(CNS(=O)[O-])c(F)c2)CCOCC1. The third-order valence-corrected chi connectivity index (χ3v) is 3.77. The average molecular weight is 287 g/mol. The van der Waals surface area contributed by atoms with Crippen molar-refractivity contribution in [2.45, 2.75) is 24.9 Å². The van der Waals surface area contributed by atoms with Crippen LogP contribution in [0.15, 0.2) is 18.2 Å². The molecule has 5 nitrogen and oxygen atoms in total. The third-order valence-electron chi connectivity index (χ3n) is 3.39. The van der Waals surface area contributed by atoms with E-state index < -0.39 is 22.6 Å². The van der Waals surface area contributed by atoms with Gasteiger partial charge >= 0.3 is 0 Å². The molecule has 0 radical (unpaired) electrons. The topological polar surface area (TPSA) is 87.4 Å². The van der Waals surface area contributed by atoms with Crippen LogP contribution in [-0.4, -0.2) is 22.0 Å². The summed E-state index contributed by atoms with van der Waals surface area (Å²) in [5.41, 5.74) is 6.72. The molecule has 1 unspecified atom stereocenters. The molecule has 1 saturated heterocycles. The minimum Gasteiger partial charge on any atom is -0.760 e. The van der Waals surface area contributed by atoms with Crippen molar-refractivity contribution in [1.82, 2.24) is 4.72 Å². The number of ether oxygens (including phenoxy) is 1. The van der Waals surface area contributed by atoms with Crippen molar-refractivity contribution in [1.29, 1.82) is 0 Å². The van der Waals surface area contributed by atoms with E-state index >= 15 is 0 Å². The maximum atomic E-state index is 13.9. The van der Waals surface area contributed by atoms with Gasteiger partial charge in [0.15, 0.2) is 0 Å². The third kappa shape index (κ3) is 3.58. The molecule has 0 saturated carbocycles. The number of benzene rings is 1. The highest BCUT2D eigenvalue weighted by molar-refractivity contribution is 7.77. The molecule has 7 heteroatoms. The van der Waals surface area contributed by atoms with Gasteiger partial charge < -0.3 is 15.0 Å². The summed E-state index contributed by atoms with van der Waals surface area (Å²) in [6.45, 7) is 1.07. The second kappa shape index (κ2) is 6.06. The Bertz CT molecular complexity index is 478. The quantitative estimate of drug-likeness (QED) is 0.797. The van der Waals surface area contributed by atoms with Crippen LogP contribution in [0.25, 0.3) is 0 Å². The first-order valence-electron chi connectivity index (χ1n) is 5.99. The van der Waals surface area contributed by atoms with Crippen LogP contribution in [0.5, 0.6) is 0 Å². The monoisotopic (exact) mass is 287 g/mol. The number of nitrogens with one attached hydrogen (secondary N) is 1. The van der Waals surface area contributed by atoms with Crippen molar-refractivity contribution in [2.24, 2.45) is 5.73 Å². The van der Waals surface area contributed by atoms with E-state index in [1.54, 1.807) is 12.1 Å². The molecule has 19 heavy (non-hydrogen) atoms. The van der Waals surface area contributed by atoms with Crippen LogP contribution in [0.4, 0.5) is 4.39 Å². The summed E-state index contributed by atoms with van der Waals surface area (Å²) >= 11 is -2.40. The number of hydrogen-bond donors (Lipinski definition) is 2. The molecule has 1 aliphatic rings. The fourth-order valence-electron chi connectivity index (χ4n) is 2.16. The van der Waals surface area contributed by atoms with Crippen molar-refractivity contribution in [2.75, 3.05) is 13.2 Å². The minimum atomic E-state index is -2.40. The molecule has 1 heterocycles. The van der Waals surface area contributed by atoms with Gasteiger partial charge in [-0.2, -0.15) is 0 Å². The first-order chi connectivity index (χ1) is 9.01. The molecular formula is C12H16FN2O3S-. The smallest absolute Gasteiger partial charge is 0.128 e. The Morgan fingerprint density at radius 1 is 1.47 bits per heavy atom. The van der Waals surface area contributed by atoms with E-state index in [0.717, 1.165) is 5.56 Å². The molecule has 0 aromatic heterocycles. The van der Waals surface area contributed by atoms with Gasteiger partial charge in [0.05, 0.1) is 0 Å². The zero-order chi connectivity index (χ0) is 13.9. The molecular weight excluding hydrogens is 271 g/mol. The maximum absolute atomic E-state index is 13.9. The number of rotatable bonds is 4. The summed E-state index contributed by atoms with van der Waals surface area (Å²) in [5.74, 6) is -0.452. The van der Waals surface area contributed by atoms with Crippen molar-refractivity contribution in [3.05, 3.63) is 35.1 Å². The van der Waals surface area contributed by atoms with Crippen LogP contribution in [0, 0.1) is 5.82 Å². The van der Waals surface area contributed by atoms with Crippen molar-refractivity contribution >= 4 is 11.3 Å². The number of halogens is 1. The molecule has 106 valence electrons. The second-order valence-electron chi connectivity index (χ2n) is 4.63. The van der Waals surface area contributed by atoms with Crippen LogP contribution in [0.3, 0.4) is 0 Å². The predicted octanol–water partition coefficient (Wildman–Crippen LogP) is 0.674. The summed E-state index contributed by atoms with van der Waals surface area (Å²) in [4.78, 5) is 0. The first-order valence-corrected chi connectivity index (χ1v) is 7.07. The van der Waals surface area contributed by atoms with Crippen LogP contribution in [0.2, 0.25) is 0 Å². The largest absolute Gasteiger partial charge is 0.760 e. The first kappa shape index (κ1) is 14.5. The lowest BCUT2D eigenvalue weighted by atomic mass is 9.83. The lowest BCUT2D eigenvalue weighted by molar-refractivity contribution is 0.0521. The standard InChI is InChI=1S/C12H17FN2O3S/c13-11-7-10(12(14)3-5-18-6-4-12)2-1-9(11)8-15-19(16)17/h1-2,7,15H,3-6,8,14H2,(H,16,17)/p-1. The summed E-state index contributed by atoms with van der Waals surface area (Å²) in [5, 5.41) is 0. The van der Waals surface area contributed by atoms with E-state index in [2.05, 4.69) is 4.72 Å². The number of hydrogen-bond acceptors (Lipinski definition) is 4. The van der Waals surface area contributed by atoms with E-state index in [0.29, 0.717) is 31.6 Å². The lowest BCUT2D eigenvalue weighted by Gasteiger charge is -2.34. The fourth-order valence-corrected chi connectivity index (χ4v) is 2.43. The summed E-state index contributed by atoms with van der Waals surface area (Å²) < 4.78 is 42.1. The van der Waals surface area contributed by atoms with Gasteiger partial charge in [-0.25, -0.2) is 9.11 Å². The van der Waals surface area contributed by atoms with Gasteiger partial charge in [0.1, 0.15) is 5.82 Å². The molecule has 3 N–H and O–H groups in total. The molecule has 0 bridgehead atoms. The zero-order valence-electron chi connectivity index (χ0n) is 10.4. The van der Waals surface area contributed by atoms with Crippen molar-refractivity contribution in [3.63, 3.8) is 0 Å². The molecule has 0 aliphatic carbocycles.